The molecule has 0 aliphatic carbocycles. The summed E-state index contributed by atoms with van der Waals surface area (Å²) in [5, 5.41) is 0. The second-order valence-electron chi connectivity index (χ2n) is 6.09. The second kappa shape index (κ2) is 13.1. The van der Waals surface area contributed by atoms with E-state index in [0.29, 0.717) is 13.2 Å². The first-order valence-electron chi connectivity index (χ1n) is 9.27. The highest BCUT2D eigenvalue weighted by Gasteiger charge is 2.46. The van der Waals surface area contributed by atoms with E-state index in [9.17, 15) is 0 Å². The molecule has 1 rings (SSSR count). The summed E-state index contributed by atoms with van der Waals surface area (Å²) in [6, 6.07) is 0. The number of hydrogen-bond acceptors (Lipinski definition) is 5. The first-order chi connectivity index (χ1) is 11.3. The van der Waals surface area contributed by atoms with Gasteiger partial charge in [0.15, 0.2) is 6.29 Å². The Morgan fingerprint density at radius 3 is 1.91 bits per heavy atom. The summed E-state index contributed by atoms with van der Waals surface area (Å²) >= 11 is 0. The summed E-state index contributed by atoms with van der Waals surface area (Å²) in [4.78, 5) is 0. The molecule has 0 aromatic rings. The molecule has 4 atom stereocenters. The van der Waals surface area contributed by atoms with Gasteiger partial charge in [-0.2, -0.15) is 0 Å². The Balaban J connectivity index is 2.57. The highest BCUT2D eigenvalue weighted by atomic mass is 16.7. The van der Waals surface area contributed by atoms with Crippen molar-refractivity contribution in [2.75, 3.05) is 33.5 Å². The quantitative estimate of drug-likeness (QED) is 0.455. The molecule has 0 radical (unpaired) electrons. The van der Waals surface area contributed by atoms with E-state index in [2.05, 4.69) is 20.8 Å². The van der Waals surface area contributed by atoms with Crippen LogP contribution in [0.1, 0.15) is 59.3 Å². The number of rotatable bonds is 14. The molecule has 1 saturated heterocycles. The van der Waals surface area contributed by atoms with Crippen molar-refractivity contribution >= 4 is 0 Å². The lowest BCUT2D eigenvalue weighted by molar-refractivity contribution is -0.168. The Bertz CT molecular complexity index is 274. The highest BCUT2D eigenvalue weighted by molar-refractivity contribution is 4.89. The van der Waals surface area contributed by atoms with Crippen LogP contribution >= 0.6 is 0 Å². The van der Waals surface area contributed by atoms with Crippen molar-refractivity contribution in [3.8, 4) is 0 Å². The molecule has 2 unspecified atom stereocenters. The molecule has 1 heterocycles. The summed E-state index contributed by atoms with van der Waals surface area (Å²) in [5.41, 5.74) is 0. The van der Waals surface area contributed by atoms with Gasteiger partial charge in [-0.3, -0.25) is 0 Å². The Labute approximate surface area is 142 Å². The van der Waals surface area contributed by atoms with Gasteiger partial charge in [0, 0.05) is 26.9 Å². The maximum absolute atomic E-state index is 6.08. The van der Waals surface area contributed by atoms with Crippen LogP contribution in [0, 0.1) is 0 Å². The van der Waals surface area contributed by atoms with E-state index in [0.717, 1.165) is 51.7 Å². The van der Waals surface area contributed by atoms with E-state index in [-0.39, 0.29) is 24.6 Å². The van der Waals surface area contributed by atoms with E-state index in [1.54, 1.807) is 7.11 Å². The minimum absolute atomic E-state index is 0.120. The van der Waals surface area contributed by atoms with Crippen LogP contribution in [0.25, 0.3) is 0 Å². The third-order valence-corrected chi connectivity index (χ3v) is 4.04. The molecule has 5 nitrogen and oxygen atoms in total. The molecule has 23 heavy (non-hydrogen) atoms. The fraction of sp³-hybridized carbons (Fsp3) is 1.00. The van der Waals surface area contributed by atoms with Gasteiger partial charge in [-0.05, 0) is 19.3 Å². The summed E-state index contributed by atoms with van der Waals surface area (Å²) in [6.07, 6.45) is 5.69. The average molecular weight is 332 g/mol. The van der Waals surface area contributed by atoms with Crippen molar-refractivity contribution in [3.05, 3.63) is 0 Å². The summed E-state index contributed by atoms with van der Waals surface area (Å²) in [7, 11) is 1.66. The van der Waals surface area contributed by atoms with Crippen molar-refractivity contribution in [1.82, 2.24) is 0 Å². The van der Waals surface area contributed by atoms with Crippen molar-refractivity contribution in [1.29, 1.82) is 0 Å². The van der Waals surface area contributed by atoms with Crippen LogP contribution in [0.4, 0.5) is 0 Å². The lowest BCUT2D eigenvalue weighted by Gasteiger charge is -2.24. The summed E-state index contributed by atoms with van der Waals surface area (Å²) in [5.74, 6) is 0. The average Bonchev–Trinajstić information content (AvgIpc) is 2.89. The Hall–Kier alpha value is -0.200. The molecule has 0 aromatic heterocycles. The molecule has 1 aliphatic heterocycles. The van der Waals surface area contributed by atoms with Crippen LogP contribution in [0.3, 0.4) is 0 Å². The van der Waals surface area contributed by atoms with Gasteiger partial charge >= 0.3 is 0 Å². The molecule has 138 valence electrons. The van der Waals surface area contributed by atoms with Crippen molar-refractivity contribution in [3.63, 3.8) is 0 Å². The Morgan fingerprint density at radius 2 is 1.35 bits per heavy atom. The molecule has 1 aliphatic rings. The van der Waals surface area contributed by atoms with Gasteiger partial charge in [0.05, 0.1) is 6.61 Å². The fourth-order valence-electron chi connectivity index (χ4n) is 2.57. The molecule has 1 fully saturated rings. The molecule has 5 heteroatoms. The van der Waals surface area contributed by atoms with E-state index in [4.69, 9.17) is 23.7 Å². The topological polar surface area (TPSA) is 46.2 Å². The smallest absolute Gasteiger partial charge is 0.186 e. The summed E-state index contributed by atoms with van der Waals surface area (Å²) in [6.45, 7) is 9.20. The van der Waals surface area contributed by atoms with Crippen molar-refractivity contribution < 1.29 is 23.7 Å². The lowest BCUT2D eigenvalue weighted by atomic mass is 10.1. The van der Waals surface area contributed by atoms with Crippen LogP contribution < -0.4 is 0 Å². The van der Waals surface area contributed by atoms with Crippen LogP contribution in [0.2, 0.25) is 0 Å². The molecular weight excluding hydrogens is 296 g/mol. The second-order valence-corrected chi connectivity index (χ2v) is 6.09. The number of unbranched alkanes of at least 4 members (excludes halogenated alkanes) is 3. The van der Waals surface area contributed by atoms with Gasteiger partial charge in [-0.25, -0.2) is 0 Å². The highest BCUT2D eigenvalue weighted by Crippen LogP contribution is 2.28. The zero-order valence-electron chi connectivity index (χ0n) is 15.4. The Morgan fingerprint density at radius 1 is 0.783 bits per heavy atom. The predicted octanol–water partition coefficient (Wildman–Crippen LogP) is 3.55. The molecule has 0 spiro atoms. The van der Waals surface area contributed by atoms with Crippen molar-refractivity contribution in [2.45, 2.75) is 83.9 Å². The number of hydrogen-bond donors (Lipinski definition) is 0. The molecule has 0 bridgehead atoms. The van der Waals surface area contributed by atoms with Crippen molar-refractivity contribution in [2.24, 2.45) is 0 Å². The maximum Gasteiger partial charge on any atom is 0.186 e. The van der Waals surface area contributed by atoms with Gasteiger partial charge in [-0.15, -0.1) is 0 Å². The zero-order chi connectivity index (χ0) is 16.9. The van der Waals surface area contributed by atoms with Gasteiger partial charge in [0.2, 0.25) is 0 Å². The SMILES string of the molecule is CCCCOCC1OC(OC)[C@@H](OCCCC)[C@H]1OCCCC. The summed E-state index contributed by atoms with van der Waals surface area (Å²) < 4.78 is 29.3. The van der Waals surface area contributed by atoms with Crippen LogP contribution in [-0.4, -0.2) is 58.1 Å². The van der Waals surface area contributed by atoms with Crippen LogP contribution in [-0.2, 0) is 23.7 Å². The van der Waals surface area contributed by atoms with Crippen LogP contribution in [0.15, 0.2) is 0 Å². The molecular formula is C18H36O5. The minimum atomic E-state index is -0.377. The largest absolute Gasteiger partial charge is 0.379 e. The molecule has 0 aromatic carbocycles. The van der Waals surface area contributed by atoms with Gasteiger partial charge in [0.25, 0.3) is 0 Å². The minimum Gasteiger partial charge on any atom is -0.379 e. The van der Waals surface area contributed by atoms with Gasteiger partial charge in [0.1, 0.15) is 18.3 Å². The Kier molecular flexibility index (Phi) is 11.9. The molecule has 0 amide bonds. The monoisotopic (exact) mass is 332 g/mol. The third-order valence-electron chi connectivity index (χ3n) is 4.04. The van der Waals surface area contributed by atoms with Crippen LogP contribution in [0.5, 0.6) is 0 Å². The fourth-order valence-corrected chi connectivity index (χ4v) is 2.57. The van der Waals surface area contributed by atoms with E-state index < -0.39 is 0 Å². The van der Waals surface area contributed by atoms with Gasteiger partial charge < -0.3 is 23.7 Å². The van der Waals surface area contributed by atoms with Gasteiger partial charge in [-0.1, -0.05) is 40.0 Å². The van der Waals surface area contributed by atoms with E-state index in [1.165, 1.54) is 0 Å². The zero-order valence-corrected chi connectivity index (χ0v) is 15.4. The van der Waals surface area contributed by atoms with E-state index in [1.807, 2.05) is 0 Å². The normalized spacial score (nSPS) is 27.7. The first kappa shape index (κ1) is 20.8. The lowest BCUT2D eigenvalue weighted by Crippen LogP contribution is -2.40. The predicted molar refractivity (Wildman–Crippen MR) is 90.7 cm³/mol. The standard InChI is InChI=1S/C18H36O5/c1-5-8-11-20-14-15-16(21-12-9-6-2)17(18(19-4)23-15)22-13-10-7-3/h15-18H,5-14H2,1-4H3/t15?,16-,17-,18?/m0/s1. The molecule has 0 saturated carbocycles. The number of ether oxygens (including phenoxy) is 5. The third kappa shape index (κ3) is 7.48. The molecule has 0 N–H and O–H groups in total. The first-order valence-corrected chi connectivity index (χ1v) is 9.27. The van der Waals surface area contributed by atoms with E-state index >= 15 is 0 Å². The number of methoxy groups -OCH3 is 1. The maximum atomic E-state index is 6.08.